The first-order valence-electron chi connectivity index (χ1n) is 4.33. The number of carbonyl (C=O) groups excluding carboxylic acids is 2. The van der Waals surface area contributed by atoms with E-state index in [1.165, 1.54) is 11.8 Å². The van der Waals surface area contributed by atoms with E-state index in [2.05, 4.69) is 4.36 Å². The molecule has 0 aromatic heterocycles. The summed E-state index contributed by atoms with van der Waals surface area (Å²) in [4.78, 5) is 23.6. The minimum absolute atomic E-state index is 0.296. The zero-order valence-electron chi connectivity index (χ0n) is 8.08. The summed E-state index contributed by atoms with van der Waals surface area (Å²) in [5.41, 5.74) is 5.04. The van der Waals surface area contributed by atoms with Crippen molar-refractivity contribution in [3.05, 3.63) is 0 Å². The van der Waals surface area contributed by atoms with Gasteiger partial charge >= 0.3 is 10.5 Å². The minimum atomic E-state index is -2.60. The van der Waals surface area contributed by atoms with Crippen LogP contribution in [0.25, 0.3) is 0 Å². The Balaban J connectivity index is 2.81. The van der Waals surface area contributed by atoms with Crippen LogP contribution in [-0.2, 0) is 20.1 Å². The summed E-state index contributed by atoms with van der Waals surface area (Å²) in [6.45, 7) is 1.80. The summed E-state index contributed by atoms with van der Waals surface area (Å²) in [7, 11) is -2.60. The number of carbonyl (C=O) groups is 2. The quantitative estimate of drug-likeness (QED) is 0.641. The Morgan fingerprint density at radius 2 is 2.27 bits per heavy atom. The topological polar surface area (TPSA) is 110 Å². The first-order chi connectivity index (χ1) is 6.93. The molecule has 7 nitrogen and oxygen atoms in total. The van der Waals surface area contributed by atoms with E-state index >= 15 is 0 Å². The molecule has 1 fully saturated rings. The van der Waals surface area contributed by atoms with Crippen LogP contribution in [0.5, 0.6) is 0 Å². The Kier molecular flexibility index (Phi) is 3.40. The number of primary amides is 1. The second-order valence-electron chi connectivity index (χ2n) is 3.24. The summed E-state index contributed by atoms with van der Waals surface area (Å²) < 4.78 is 23.8. The summed E-state index contributed by atoms with van der Waals surface area (Å²) in [6, 6.07) is -1.62. The fourth-order valence-electron chi connectivity index (χ4n) is 1.43. The van der Waals surface area contributed by atoms with E-state index in [0.717, 1.165) is 0 Å². The van der Waals surface area contributed by atoms with Gasteiger partial charge in [0.05, 0.1) is 0 Å². The molecule has 1 aliphatic heterocycles. The molecule has 0 aromatic carbocycles. The SMILES string of the molecule is CC(C(N)=O)N1CCC(N=S(=O)=O)C1=O. The van der Waals surface area contributed by atoms with Gasteiger partial charge in [-0.1, -0.05) is 0 Å². The highest BCUT2D eigenvalue weighted by atomic mass is 32.2. The lowest BCUT2D eigenvalue weighted by molar-refractivity contribution is -0.136. The van der Waals surface area contributed by atoms with Gasteiger partial charge in [0.25, 0.3) is 0 Å². The van der Waals surface area contributed by atoms with Crippen LogP contribution in [0.15, 0.2) is 4.36 Å². The third kappa shape index (κ3) is 2.52. The zero-order valence-corrected chi connectivity index (χ0v) is 8.90. The van der Waals surface area contributed by atoms with Gasteiger partial charge < -0.3 is 10.6 Å². The van der Waals surface area contributed by atoms with E-state index < -0.39 is 34.4 Å². The molecule has 2 amide bonds. The maximum absolute atomic E-state index is 11.5. The van der Waals surface area contributed by atoms with Crippen LogP contribution in [-0.4, -0.2) is 43.8 Å². The number of rotatable bonds is 3. The van der Waals surface area contributed by atoms with E-state index in [4.69, 9.17) is 5.73 Å². The van der Waals surface area contributed by atoms with E-state index in [-0.39, 0.29) is 0 Å². The van der Waals surface area contributed by atoms with Crippen LogP contribution >= 0.6 is 0 Å². The van der Waals surface area contributed by atoms with Crippen LogP contribution < -0.4 is 5.73 Å². The molecule has 84 valence electrons. The second-order valence-corrected chi connectivity index (χ2v) is 3.88. The van der Waals surface area contributed by atoms with Gasteiger partial charge in [0.2, 0.25) is 11.8 Å². The lowest BCUT2D eigenvalue weighted by Crippen LogP contribution is -2.44. The Morgan fingerprint density at radius 3 is 2.73 bits per heavy atom. The van der Waals surface area contributed by atoms with Gasteiger partial charge in [-0.25, -0.2) is 0 Å². The minimum Gasteiger partial charge on any atom is -0.368 e. The van der Waals surface area contributed by atoms with Gasteiger partial charge in [0.1, 0.15) is 12.1 Å². The predicted molar refractivity (Wildman–Crippen MR) is 50.1 cm³/mol. The van der Waals surface area contributed by atoms with Gasteiger partial charge in [-0.05, 0) is 13.3 Å². The van der Waals surface area contributed by atoms with Gasteiger partial charge in [0, 0.05) is 6.54 Å². The van der Waals surface area contributed by atoms with Crippen LogP contribution in [0.2, 0.25) is 0 Å². The van der Waals surface area contributed by atoms with Crippen molar-refractivity contribution in [3.63, 3.8) is 0 Å². The van der Waals surface area contributed by atoms with Crippen molar-refractivity contribution in [2.75, 3.05) is 6.54 Å². The summed E-state index contributed by atoms with van der Waals surface area (Å²) in [5, 5.41) is 0. The lowest BCUT2D eigenvalue weighted by Gasteiger charge is -2.20. The fourth-order valence-corrected chi connectivity index (χ4v) is 1.83. The highest BCUT2D eigenvalue weighted by molar-refractivity contribution is 7.61. The molecule has 2 atom stereocenters. The number of nitrogens with zero attached hydrogens (tertiary/aromatic N) is 2. The molecule has 0 saturated carbocycles. The average Bonchev–Trinajstić information content (AvgIpc) is 2.46. The summed E-state index contributed by atoms with van der Waals surface area (Å²) in [5.74, 6) is -1.09. The lowest BCUT2D eigenvalue weighted by atomic mass is 10.3. The highest BCUT2D eigenvalue weighted by Crippen LogP contribution is 2.16. The van der Waals surface area contributed by atoms with Crippen LogP contribution in [0, 0.1) is 0 Å². The Hall–Kier alpha value is -1.44. The Morgan fingerprint density at radius 1 is 1.67 bits per heavy atom. The monoisotopic (exact) mass is 233 g/mol. The van der Waals surface area contributed by atoms with Gasteiger partial charge in [-0.2, -0.15) is 12.8 Å². The van der Waals surface area contributed by atoms with E-state index in [0.29, 0.717) is 13.0 Å². The summed E-state index contributed by atoms with van der Waals surface area (Å²) >= 11 is 0. The number of hydrogen-bond donors (Lipinski definition) is 1. The molecule has 0 spiro atoms. The smallest absolute Gasteiger partial charge is 0.311 e. The number of likely N-dealkylation sites (tertiary alicyclic amines) is 1. The van der Waals surface area contributed by atoms with E-state index in [9.17, 15) is 18.0 Å². The van der Waals surface area contributed by atoms with Gasteiger partial charge in [-0.15, -0.1) is 0 Å². The Bertz CT molecular complexity index is 408. The molecular weight excluding hydrogens is 222 g/mol. The molecule has 1 saturated heterocycles. The maximum Gasteiger partial charge on any atom is 0.311 e. The second kappa shape index (κ2) is 4.39. The highest BCUT2D eigenvalue weighted by Gasteiger charge is 2.36. The average molecular weight is 233 g/mol. The third-order valence-electron chi connectivity index (χ3n) is 2.30. The molecule has 0 aromatic rings. The van der Waals surface area contributed by atoms with Crippen molar-refractivity contribution in [1.82, 2.24) is 4.90 Å². The fraction of sp³-hybridized carbons (Fsp3) is 0.714. The first kappa shape index (κ1) is 11.6. The molecular formula is C7H11N3O4S. The zero-order chi connectivity index (χ0) is 11.6. The molecule has 1 heterocycles. The molecule has 2 N–H and O–H groups in total. The van der Waals surface area contributed by atoms with Crippen molar-refractivity contribution in [2.45, 2.75) is 25.4 Å². The van der Waals surface area contributed by atoms with E-state index in [1.807, 2.05) is 0 Å². The predicted octanol–water partition coefficient (Wildman–Crippen LogP) is -1.48. The number of hydrogen-bond acceptors (Lipinski definition) is 5. The normalized spacial score (nSPS) is 22.6. The molecule has 0 aliphatic carbocycles. The maximum atomic E-state index is 11.5. The van der Waals surface area contributed by atoms with Crippen LogP contribution in [0.1, 0.15) is 13.3 Å². The number of nitrogens with two attached hydrogens (primary N) is 1. The molecule has 2 unspecified atom stereocenters. The van der Waals surface area contributed by atoms with E-state index in [1.54, 1.807) is 0 Å². The van der Waals surface area contributed by atoms with Crippen molar-refractivity contribution < 1.29 is 18.0 Å². The third-order valence-corrected chi connectivity index (χ3v) is 2.73. The molecule has 0 bridgehead atoms. The standard InChI is InChI=1S/C7H11N3O4S/c1-4(6(8)11)10-3-2-5(7(10)12)9-15(13)14/h4-5H,2-3H2,1H3,(H2,8,11). The molecule has 1 aliphatic rings. The van der Waals surface area contributed by atoms with Crippen molar-refractivity contribution >= 4 is 22.3 Å². The van der Waals surface area contributed by atoms with Crippen molar-refractivity contribution in [3.8, 4) is 0 Å². The van der Waals surface area contributed by atoms with Crippen molar-refractivity contribution in [1.29, 1.82) is 0 Å². The first-order valence-corrected chi connectivity index (χ1v) is 5.36. The summed E-state index contributed by atoms with van der Waals surface area (Å²) in [6.07, 6.45) is 0.296. The van der Waals surface area contributed by atoms with Gasteiger partial charge in [-0.3, -0.25) is 9.59 Å². The van der Waals surface area contributed by atoms with Crippen molar-refractivity contribution in [2.24, 2.45) is 10.1 Å². The molecule has 8 heteroatoms. The largest absolute Gasteiger partial charge is 0.368 e. The van der Waals surface area contributed by atoms with Crippen LogP contribution in [0.3, 0.4) is 0 Å². The Labute approximate surface area is 87.9 Å². The number of amides is 2. The van der Waals surface area contributed by atoms with Crippen LogP contribution in [0.4, 0.5) is 0 Å². The molecule has 0 radical (unpaired) electrons. The van der Waals surface area contributed by atoms with Gasteiger partial charge in [0.15, 0.2) is 0 Å². The molecule has 15 heavy (non-hydrogen) atoms. The molecule has 1 rings (SSSR count).